The summed E-state index contributed by atoms with van der Waals surface area (Å²) in [7, 11) is 1.25. The predicted molar refractivity (Wildman–Crippen MR) is 63.7 cm³/mol. The minimum Gasteiger partial charge on any atom is -0.478 e. The molecule has 94 valence electrons. The fraction of sp³-hybridized carbons (Fsp3) is 0.125. The first kappa shape index (κ1) is 14.2. The molecule has 1 unspecified atom stereocenters. The molecule has 0 radical (unpaired) electrons. The summed E-state index contributed by atoms with van der Waals surface area (Å²) in [4.78, 5) is 11.0. The zero-order chi connectivity index (χ0) is 13.2. The average molecular weight is 300 g/mol. The van der Waals surface area contributed by atoms with E-state index >= 15 is 0 Å². The highest BCUT2D eigenvalue weighted by Gasteiger charge is 2.20. The van der Waals surface area contributed by atoms with Gasteiger partial charge in [0.25, 0.3) is 0 Å². The van der Waals surface area contributed by atoms with Crippen molar-refractivity contribution in [2.45, 2.75) is 0 Å². The zero-order valence-corrected chi connectivity index (χ0v) is 10.7. The maximum absolute atomic E-state index is 11.0. The van der Waals surface area contributed by atoms with E-state index in [9.17, 15) is 9.00 Å². The molecule has 2 N–H and O–H groups in total. The molecule has 0 heterocycles. The van der Waals surface area contributed by atoms with Gasteiger partial charge >= 0.3 is 17.3 Å². The van der Waals surface area contributed by atoms with Crippen molar-refractivity contribution in [2.24, 2.45) is 0 Å². The van der Waals surface area contributed by atoms with Crippen molar-refractivity contribution in [3.8, 4) is 0 Å². The molecule has 1 aromatic rings. The largest absolute Gasteiger partial charge is 0.478 e. The normalized spacial score (nSPS) is 12.2. The molecule has 1 rings (SSSR count). The fourth-order valence-corrected chi connectivity index (χ4v) is 2.06. The van der Waals surface area contributed by atoms with Crippen LogP contribution in [-0.2, 0) is 15.6 Å². The molecule has 0 bridgehead atoms. The highest BCUT2D eigenvalue weighted by atomic mass is 35.5. The summed E-state index contributed by atoms with van der Waals surface area (Å²) in [6, 6.07) is 2.45. The first-order valence-corrected chi connectivity index (χ1v) is 5.87. The summed E-state index contributed by atoms with van der Waals surface area (Å²) >= 11 is 8.88. The smallest absolute Gasteiger partial charge is 0.338 e. The summed E-state index contributed by atoms with van der Waals surface area (Å²) in [5.41, 5.74) is -0.304. The second-order valence-electron chi connectivity index (χ2n) is 2.88. The van der Waals surface area contributed by atoms with Crippen LogP contribution < -0.4 is 5.06 Å². The van der Waals surface area contributed by atoms with Crippen molar-refractivity contribution in [3.63, 3.8) is 0 Å². The molecular weight excluding hydrogens is 293 g/mol. The highest BCUT2D eigenvalue weighted by Crippen LogP contribution is 2.33. The molecule has 1 atom stereocenters. The molecule has 0 fully saturated rings. The van der Waals surface area contributed by atoms with E-state index < -0.39 is 17.3 Å². The third-order valence-electron chi connectivity index (χ3n) is 1.75. The average Bonchev–Trinajstić information content (AvgIpc) is 2.14. The Bertz CT molecular complexity index is 481. The fourth-order valence-electron chi connectivity index (χ4n) is 1.18. The number of halogens is 2. The quantitative estimate of drug-likeness (QED) is 0.654. The van der Waals surface area contributed by atoms with Gasteiger partial charge in [0.05, 0.1) is 16.3 Å². The molecular formula is C8H7Cl2NO5S. The first-order valence-electron chi connectivity index (χ1n) is 4.08. The summed E-state index contributed by atoms with van der Waals surface area (Å²) in [5, 5.41) is 9.87. The van der Waals surface area contributed by atoms with E-state index in [1.165, 1.54) is 13.1 Å². The standard InChI is InChI=1S/C8H7Cl2NO5S/c1-11(16-17(14)15)7-5(8(12)13)2-4(9)3-6(7)10/h2-3H,1H3,(H,12,13)(H,14,15). The van der Waals surface area contributed by atoms with Crippen molar-refractivity contribution in [2.75, 3.05) is 12.1 Å². The topological polar surface area (TPSA) is 87.1 Å². The van der Waals surface area contributed by atoms with Crippen LogP contribution in [0.4, 0.5) is 5.69 Å². The number of carboxylic acids is 1. The zero-order valence-electron chi connectivity index (χ0n) is 8.39. The third kappa shape index (κ3) is 3.55. The Labute approximate surface area is 109 Å². The molecule has 0 aliphatic heterocycles. The number of carboxylic acid groups (broad SMARTS) is 1. The van der Waals surface area contributed by atoms with Crippen LogP contribution in [0.3, 0.4) is 0 Å². The molecule has 17 heavy (non-hydrogen) atoms. The van der Waals surface area contributed by atoms with Gasteiger partial charge in [0, 0.05) is 12.1 Å². The van der Waals surface area contributed by atoms with Crippen LogP contribution in [0.1, 0.15) is 10.4 Å². The molecule has 0 saturated carbocycles. The van der Waals surface area contributed by atoms with Crippen molar-refractivity contribution in [1.29, 1.82) is 0 Å². The van der Waals surface area contributed by atoms with Gasteiger partial charge in [-0.05, 0) is 12.1 Å². The third-order valence-corrected chi connectivity index (χ3v) is 2.61. The number of anilines is 1. The lowest BCUT2D eigenvalue weighted by Gasteiger charge is -2.19. The molecule has 0 aromatic heterocycles. The van der Waals surface area contributed by atoms with Crippen molar-refractivity contribution in [3.05, 3.63) is 27.7 Å². The van der Waals surface area contributed by atoms with Crippen molar-refractivity contribution < 1.29 is 22.9 Å². The SMILES string of the molecule is CN(OS(=O)O)c1c(Cl)cc(Cl)cc1C(=O)O. The Balaban J connectivity index is 3.30. The van der Waals surface area contributed by atoms with E-state index in [4.69, 9.17) is 32.9 Å². The van der Waals surface area contributed by atoms with Crippen LogP contribution >= 0.6 is 23.2 Å². The molecule has 6 nitrogen and oxygen atoms in total. The Morgan fingerprint density at radius 2 is 2.06 bits per heavy atom. The predicted octanol–water partition coefficient (Wildman–Crippen LogP) is 2.20. The molecule has 9 heteroatoms. The summed E-state index contributed by atoms with van der Waals surface area (Å²) in [6.45, 7) is 0. The Morgan fingerprint density at radius 3 is 2.53 bits per heavy atom. The maximum Gasteiger partial charge on any atom is 0.338 e. The van der Waals surface area contributed by atoms with Gasteiger partial charge < -0.3 is 5.11 Å². The van der Waals surface area contributed by atoms with E-state index in [0.29, 0.717) is 0 Å². The Morgan fingerprint density at radius 1 is 1.47 bits per heavy atom. The van der Waals surface area contributed by atoms with E-state index in [-0.39, 0.29) is 21.3 Å². The number of nitrogens with zero attached hydrogens (tertiary/aromatic N) is 1. The van der Waals surface area contributed by atoms with Gasteiger partial charge in [0.15, 0.2) is 0 Å². The van der Waals surface area contributed by atoms with Gasteiger partial charge in [-0.25, -0.2) is 9.86 Å². The van der Waals surface area contributed by atoms with Crippen LogP contribution in [0.15, 0.2) is 12.1 Å². The van der Waals surface area contributed by atoms with E-state index in [0.717, 1.165) is 11.1 Å². The number of carbonyl (C=O) groups is 1. The van der Waals surface area contributed by atoms with Crippen LogP contribution in [-0.4, -0.2) is 26.9 Å². The van der Waals surface area contributed by atoms with Crippen molar-refractivity contribution in [1.82, 2.24) is 0 Å². The number of hydrogen-bond donors (Lipinski definition) is 2. The summed E-state index contributed by atoms with van der Waals surface area (Å²) in [5.74, 6) is -1.29. The number of benzene rings is 1. The summed E-state index contributed by atoms with van der Waals surface area (Å²) < 4.78 is 23.4. The second-order valence-corrected chi connectivity index (χ2v) is 4.30. The Hall–Kier alpha value is -0.860. The van der Waals surface area contributed by atoms with Gasteiger partial charge in [-0.15, -0.1) is 4.28 Å². The van der Waals surface area contributed by atoms with Gasteiger partial charge in [0.2, 0.25) is 0 Å². The minimum atomic E-state index is -2.59. The molecule has 0 spiro atoms. The Kier molecular flexibility index (Phi) is 4.72. The van der Waals surface area contributed by atoms with Gasteiger partial charge in [-0.1, -0.05) is 23.2 Å². The molecule has 0 aliphatic rings. The lowest BCUT2D eigenvalue weighted by Crippen LogP contribution is -2.22. The van der Waals surface area contributed by atoms with Crippen LogP contribution in [0, 0.1) is 0 Å². The van der Waals surface area contributed by atoms with E-state index in [1.54, 1.807) is 0 Å². The number of aromatic carboxylic acids is 1. The molecule has 0 aliphatic carbocycles. The maximum atomic E-state index is 11.0. The van der Waals surface area contributed by atoms with Crippen LogP contribution in [0.5, 0.6) is 0 Å². The number of rotatable bonds is 4. The monoisotopic (exact) mass is 299 g/mol. The molecule has 0 saturated heterocycles. The lowest BCUT2D eigenvalue weighted by molar-refractivity contribution is 0.0696. The molecule has 1 aromatic carbocycles. The van der Waals surface area contributed by atoms with Crippen molar-refractivity contribution >= 4 is 46.2 Å². The number of hydroxylamine groups is 1. The minimum absolute atomic E-state index is 0.0112. The van der Waals surface area contributed by atoms with E-state index in [2.05, 4.69) is 4.28 Å². The lowest BCUT2D eigenvalue weighted by atomic mass is 10.2. The second kappa shape index (κ2) is 5.65. The summed E-state index contributed by atoms with van der Waals surface area (Å²) in [6.07, 6.45) is 0. The van der Waals surface area contributed by atoms with Crippen LogP contribution in [0.25, 0.3) is 0 Å². The van der Waals surface area contributed by atoms with Gasteiger partial charge in [-0.3, -0.25) is 4.55 Å². The van der Waals surface area contributed by atoms with Gasteiger partial charge in [-0.2, -0.15) is 4.21 Å². The first-order chi connectivity index (χ1) is 7.82. The van der Waals surface area contributed by atoms with Gasteiger partial charge in [0.1, 0.15) is 0 Å². The highest BCUT2D eigenvalue weighted by molar-refractivity contribution is 7.74. The van der Waals surface area contributed by atoms with Crippen LogP contribution in [0.2, 0.25) is 10.0 Å². The van der Waals surface area contributed by atoms with E-state index in [1.807, 2.05) is 0 Å². The number of hydrogen-bond acceptors (Lipinski definition) is 4. The molecule has 0 amide bonds.